The Kier molecular flexibility index (Phi) is 5.29. The van der Waals surface area contributed by atoms with Crippen molar-refractivity contribution < 1.29 is 0 Å². The molecule has 0 fully saturated rings. The molecule has 1 radical (unpaired) electrons. The minimum absolute atomic E-state index is 1.15. The van der Waals surface area contributed by atoms with Crippen LogP contribution >= 0.6 is 0 Å². The fourth-order valence-electron chi connectivity index (χ4n) is 0.690. The second kappa shape index (κ2) is 5.61. The Morgan fingerprint density at radius 1 is 1.33 bits per heavy atom. The highest BCUT2D eigenvalue weighted by atomic mass is 13.9. The summed E-state index contributed by atoms with van der Waals surface area (Å²) in [7, 11) is 0. The highest BCUT2D eigenvalue weighted by molar-refractivity contribution is 5.12. The van der Waals surface area contributed by atoms with Crippen molar-refractivity contribution >= 4 is 0 Å². The lowest BCUT2D eigenvalue weighted by atomic mass is 10.1. The van der Waals surface area contributed by atoms with Gasteiger partial charge in [-0.1, -0.05) is 37.6 Å². The second-order valence-electron chi connectivity index (χ2n) is 1.96. The van der Waals surface area contributed by atoms with Gasteiger partial charge < -0.3 is 0 Å². The van der Waals surface area contributed by atoms with Crippen molar-refractivity contribution in [2.75, 3.05) is 0 Å². The summed E-state index contributed by atoms with van der Waals surface area (Å²) in [6.07, 6.45) is 8.24. The van der Waals surface area contributed by atoms with Gasteiger partial charge in [-0.15, -0.1) is 0 Å². The summed E-state index contributed by atoms with van der Waals surface area (Å²) < 4.78 is 0. The maximum Gasteiger partial charge on any atom is -0.0313 e. The van der Waals surface area contributed by atoms with Crippen LogP contribution < -0.4 is 0 Å². The summed E-state index contributed by atoms with van der Waals surface area (Å²) in [6, 6.07) is 0. The lowest BCUT2D eigenvalue weighted by Gasteiger charge is -1.94. The maximum atomic E-state index is 3.60. The number of hydrogen-bond donors (Lipinski definition) is 0. The van der Waals surface area contributed by atoms with Gasteiger partial charge in [0.15, 0.2) is 0 Å². The van der Waals surface area contributed by atoms with E-state index in [2.05, 4.69) is 26.8 Å². The monoisotopic (exact) mass is 123 g/mol. The molecule has 0 heteroatoms. The summed E-state index contributed by atoms with van der Waals surface area (Å²) >= 11 is 0. The van der Waals surface area contributed by atoms with Crippen LogP contribution in [0.1, 0.15) is 26.7 Å². The zero-order chi connectivity index (χ0) is 7.11. The number of allylic oxidation sites excluding steroid dienone is 4. The molecule has 0 saturated heterocycles. The van der Waals surface area contributed by atoms with Gasteiger partial charge in [-0.25, -0.2) is 0 Å². The third-order valence-corrected chi connectivity index (χ3v) is 1.38. The normalized spacial score (nSPS) is 10.1. The molecular formula is C9H15. The van der Waals surface area contributed by atoms with Crippen LogP contribution in [0.25, 0.3) is 0 Å². The van der Waals surface area contributed by atoms with E-state index in [0.29, 0.717) is 0 Å². The van der Waals surface area contributed by atoms with Crippen LogP contribution in [0.4, 0.5) is 0 Å². The van der Waals surface area contributed by atoms with Gasteiger partial charge in [-0.3, -0.25) is 0 Å². The Morgan fingerprint density at radius 3 is 2.22 bits per heavy atom. The predicted octanol–water partition coefficient (Wildman–Crippen LogP) is 3.12. The molecule has 51 valence electrons. The Labute approximate surface area is 58.3 Å². The number of hydrogen-bond acceptors (Lipinski definition) is 0. The fraction of sp³-hybridized carbons (Fsp3) is 0.444. The summed E-state index contributed by atoms with van der Waals surface area (Å²) in [6.45, 7) is 7.95. The van der Waals surface area contributed by atoms with E-state index in [-0.39, 0.29) is 0 Å². The third-order valence-electron chi connectivity index (χ3n) is 1.38. The molecule has 0 nitrogen and oxygen atoms in total. The topological polar surface area (TPSA) is 0 Å². The van der Waals surface area contributed by atoms with E-state index in [1.54, 1.807) is 0 Å². The van der Waals surface area contributed by atoms with Crippen molar-refractivity contribution in [3.05, 3.63) is 30.7 Å². The molecule has 0 aromatic carbocycles. The first-order chi connectivity index (χ1) is 4.35. The maximum absolute atomic E-state index is 3.60. The van der Waals surface area contributed by atoms with Crippen LogP contribution in [0.5, 0.6) is 0 Å². The Hall–Kier alpha value is -0.520. The summed E-state index contributed by atoms with van der Waals surface area (Å²) in [5.74, 6) is 0. The van der Waals surface area contributed by atoms with E-state index in [0.717, 1.165) is 12.8 Å². The molecule has 0 aliphatic heterocycles. The van der Waals surface area contributed by atoms with E-state index < -0.39 is 0 Å². The lowest BCUT2D eigenvalue weighted by Crippen LogP contribution is -1.73. The van der Waals surface area contributed by atoms with Gasteiger partial charge in [0.1, 0.15) is 0 Å². The average Bonchev–Trinajstić information content (AvgIpc) is 1.91. The van der Waals surface area contributed by atoms with E-state index in [1.165, 1.54) is 5.57 Å². The molecule has 0 unspecified atom stereocenters. The van der Waals surface area contributed by atoms with E-state index in [4.69, 9.17) is 0 Å². The van der Waals surface area contributed by atoms with Gasteiger partial charge in [-0.2, -0.15) is 0 Å². The summed E-state index contributed by atoms with van der Waals surface area (Å²) in [5, 5.41) is 0. The molecular weight excluding hydrogens is 108 g/mol. The van der Waals surface area contributed by atoms with Crippen molar-refractivity contribution in [1.82, 2.24) is 0 Å². The van der Waals surface area contributed by atoms with Gasteiger partial charge in [0, 0.05) is 0 Å². The van der Waals surface area contributed by atoms with Crippen LogP contribution in [0, 0.1) is 6.92 Å². The third kappa shape index (κ3) is 4.01. The van der Waals surface area contributed by atoms with Gasteiger partial charge in [-0.05, 0) is 19.8 Å². The van der Waals surface area contributed by atoms with E-state index in [1.807, 2.05) is 12.2 Å². The zero-order valence-electron chi connectivity index (χ0n) is 6.35. The first-order valence-electron chi connectivity index (χ1n) is 3.48. The van der Waals surface area contributed by atoms with Crippen molar-refractivity contribution in [3.8, 4) is 0 Å². The molecule has 0 aliphatic rings. The highest BCUT2D eigenvalue weighted by Gasteiger charge is 1.83. The highest BCUT2D eigenvalue weighted by Crippen LogP contribution is 2.04. The molecule has 0 aromatic rings. The summed E-state index contributed by atoms with van der Waals surface area (Å²) in [5.41, 5.74) is 1.48. The minimum atomic E-state index is 1.15. The van der Waals surface area contributed by atoms with Crippen LogP contribution in [0.3, 0.4) is 0 Å². The van der Waals surface area contributed by atoms with Gasteiger partial charge in [0.25, 0.3) is 0 Å². The van der Waals surface area contributed by atoms with Crippen molar-refractivity contribution in [1.29, 1.82) is 0 Å². The largest absolute Gasteiger partial charge is 0.0842 e. The molecule has 0 aromatic heterocycles. The molecule has 0 aliphatic carbocycles. The van der Waals surface area contributed by atoms with Crippen LogP contribution in [0.2, 0.25) is 0 Å². The van der Waals surface area contributed by atoms with E-state index >= 15 is 0 Å². The molecule has 0 atom stereocenters. The van der Waals surface area contributed by atoms with Gasteiger partial charge in [0.05, 0.1) is 0 Å². The zero-order valence-corrected chi connectivity index (χ0v) is 6.35. The molecule has 0 rings (SSSR count). The van der Waals surface area contributed by atoms with Gasteiger partial charge >= 0.3 is 0 Å². The second-order valence-corrected chi connectivity index (χ2v) is 1.96. The van der Waals surface area contributed by atoms with Crippen molar-refractivity contribution in [3.63, 3.8) is 0 Å². The van der Waals surface area contributed by atoms with E-state index in [9.17, 15) is 0 Å². The first-order valence-corrected chi connectivity index (χ1v) is 3.48. The standard InChI is InChI=1S/C9H15/c1-4-7-8-9(5-2)6-3/h4,7-8H,1,5-6H2,2-3H3. The minimum Gasteiger partial charge on any atom is -0.0842 e. The SMILES string of the molecule is [CH2]C=CC=C(CC)CC. The Morgan fingerprint density at radius 2 is 1.89 bits per heavy atom. The smallest absolute Gasteiger partial charge is 0.0313 e. The predicted molar refractivity (Wildman–Crippen MR) is 43.2 cm³/mol. The van der Waals surface area contributed by atoms with Crippen LogP contribution in [-0.2, 0) is 0 Å². The van der Waals surface area contributed by atoms with Crippen molar-refractivity contribution in [2.24, 2.45) is 0 Å². The quantitative estimate of drug-likeness (QED) is 0.506. The van der Waals surface area contributed by atoms with Crippen LogP contribution in [-0.4, -0.2) is 0 Å². The van der Waals surface area contributed by atoms with Crippen LogP contribution in [0.15, 0.2) is 23.8 Å². The molecule has 0 spiro atoms. The Balaban J connectivity index is 3.75. The Bertz CT molecular complexity index is 101. The lowest BCUT2D eigenvalue weighted by molar-refractivity contribution is 0.978. The fourth-order valence-corrected chi connectivity index (χ4v) is 0.690. The molecule has 0 heterocycles. The first kappa shape index (κ1) is 8.48. The molecule has 9 heavy (non-hydrogen) atoms. The molecule has 0 saturated carbocycles. The van der Waals surface area contributed by atoms with Gasteiger partial charge in [0.2, 0.25) is 0 Å². The molecule has 0 N–H and O–H groups in total. The average molecular weight is 123 g/mol. The number of rotatable bonds is 3. The summed E-state index contributed by atoms with van der Waals surface area (Å²) in [4.78, 5) is 0. The molecule has 0 amide bonds. The van der Waals surface area contributed by atoms with Crippen molar-refractivity contribution in [2.45, 2.75) is 26.7 Å². The molecule has 0 bridgehead atoms.